The van der Waals surface area contributed by atoms with Gasteiger partial charge in [0.2, 0.25) is 0 Å². The van der Waals surface area contributed by atoms with Crippen LogP contribution in [0.1, 0.15) is 24.6 Å². The predicted molar refractivity (Wildman–Crippen MR) is 63.3 cm³/mol. The van der Waals surface area contributed by atoms with Gasteiger partial charge in [-0.05, 0) is 25.0 Å². The number of para-hydroxylation sites is 1. The molecule has 1 saturated carbocycles. The van der Waals surface area contributed by atoms with Crippen molar-refractivity contribution in [1.82, 2.24) is 15.0 Å². The van der Waals surface area contributed by atoms with Crippen LogP contribution in [-0.2, 0) is 6.54 Å². The molecule has 0 bridgehead atoms. The zero-order valence-corrected chi connectivity index (χ0v) is 9.37. The molecular formula is C12H14N4O. The van der Waals surface area contributed by atoms with E-state index in [2.05, 4.69) is 10.3 Å². The SMILES string of the molecule is NCc1c(-c2ccccc2O)nnn1C1CC1. The smallest absolute Gasteiger partial charge is 0.125 e. The Labute approximate surface area is 98.9 Å². The molecule has 0 amide bonds. The van der Waals surface area contributed by atoms with E-state index < -0.39 is 0 Å². The Hall–Kier alpha value is -1.88. The van der Waals surface area contributed by atoms with Crippen molar-refractivity contribution in [2.75, 3.05) is 0 Å². The van der Waals surface area contributed by atoms with Crippen molar-refractivity contribution in [3.8, 4) is 17.0 Å². The zero-order valence-electron chi connectivity index (χ0n) is 9.37. The van der Waals surface area contributed by atoms with E-state index in [0.717, 1.165) is 18.5 Å². The standard InChI is InChI=1S/C12H14N4O/c13-7-10-12(9-3-1-2-4-11(9)17)14-15-16(10)8-5-6-8/h1-4,8,17H,5-7,13H2. The number of phenolic OH excluding ortho intramolecular Hbond substituents is 1. The molecule has 0 atom stereocenters. The number of aromatic hydroxyl groups is 1. The van der Waals surface area contributed by atoms with Gasteiger partial charge in [0.1, 0.15) is 11.4 Å². The van der Waals surface area contributed by atoms with Gasteiger partial charge in [0, 0.05) is 12.1 Å². The molecule has 1 aliphatic carbocycles. The van der Waals surface area contributed by atoms with E-state index >= 15 is 0 Å². The second kappa shape index (κ2) is 3.85. The first kappa shape index (κ1) is 10.3. The molecule has 0 saturated heterocycles. The van der Waals surface area contributed by atoms with Crippen LogP contribution in [0.15, 0.2) is 24.3 Å². The molecule has 5 heteroatoms. The number of nitrogens with zero attached hydrogens (tertiary/aromatic N) is 3. The third-order valence-corrected chi connectivity index (χ3v) is 3.04. The third kappa shape index (κ3) is 1.68. The van der Waals surface area contributed by atoms with Gasteiger partial charge in [0.05, 0.1) is 11.7 Å². The van der Waals surface area contributed by atoms with Crippen molar-refractivity contribution in [3.05, 3.63) is 30.0 Å². The maximum atomic E-state index is 9.83. The highest BCUT2D eigenvalue weighted by Gasteiger charge is 2.29. The molecule has 1 fully saturated rings. The van der Waals surface area contributed by atoms with Crippen LogP contribution in [0, 0.1) is 0 Å². The second-order valence-electron chi connectivity index (χ2n) is 4.28. The van der Waals surface area contributed by atoms with Gasteiger partial charge in [-0.15, -0.1) is 5.10 Å². The summed E-state index contributed by atoms with van der Waals surface area (Å²) in [5, 5.41) is 18.1. The summed E-state index contributed by atoms with van der Waals surface area (Å²) in [6.45, 7) is 0.382. The van der Waals surface area contributed by atoms with E-state index in [-0.39, 0.29) is 5.75 Å². The second-order valence-corrected chi connectivity index (χ2v) is 4.28. The number of benzene rings is 1. The highest BCUT2D eigenvalue weighted by Crippen LogP contribution is 2.38. The van der Waals surface area contributed by atoms with E-state index in [1.165, 1.54) is 0 Å². The molecule has 0 unspecified atom stereocenters. The molecule has 0 radical (unpaired) electrons. The predicted octanol–water partition coefficient (Wildman–Crippen LogP) is 1.44. The first-order chi connectivity index (χ1) is 8.31. The normalized spacial score (nSPS) is 15.1. The topological polar surface area (TPSA) is 77.0 Å². The minimum atomic E-state index is 0.213. The largest absolute Gasteiger partial charge is 0.507 e. The van der Waals surface area contributed by atoms with Crippen molar-refractivity contribution >= 4 is 0 Å². The highest BCUT2D eigenvalue weighted by molar-refractivity contribution is 5.68. The summed E-state index contributed by atoms with van der Waals surface area (Å²) in [4.78, 5) is 0. The molecule has 1 heterocycles. The van der Waals surface area contributed by atoms with Crippen LogP contribution in [0.5, 0.6) is 5.75 Å². The Morgan fingerprint density at radius 3 is 2.76 bits per heavy atom. The average molecular weight is 230 g/mol. The average Bonchev–Trinajstić information content (AvgIpc) is 3.10. The molecule has 3 N–H and O–H groups in total. The maximum Gasteiger partial charge on any atom is 0.125 e. The molecule has 3 rings (SSSR count). The van der Waals surface area contributed by atoms with Crippen molar-refractivity contribution < 1.29 is 5.11 Å². The maximum absolute atomic E-state index is 9.83. The van der Waals surface area contributed by atoms with E-state index in [9.17, 15) is 5.11 Å². The Balaban J connectivity index is 2.11. The van der Waals surface area contributed by atoms with E-state index in [1.54, 1.807) is 12.1 Å². The van der Waals surface area contributed by atoms with Crippen LogP contribution in [0.2, 0.25) is 0 Å². The van der Waals surface area contributed by atoms with Gasteiger partial charge in [-0.25, -0.2) is 4.68 Å². The Kier molecular flexibility index (Phi) is 2.33. The first-order valence-electron chi connectivity index (χ1n) is 5.73. The Morgan fingerprint density at radius 2 is 2.12 bits per heavy atom. The minimum absolute atomic E-state index is 0.213. The lowest BCUT2D eigenvalue weighted by Gasteiger charge is -2.05. The molecule has 0 aliphatic heterocycles. The van der Waals surface area contributed by atoms with Gasteiger partial charge in [-0.2, -0.15) is 0 Å². The molecule has 1 aromatic heterocycles. The van der Waals surface area contributed by atoms with Crippen molar-refractivity contribution in [3.63, 3.8) is 0 Å². The number of hydrogen-bond donors (Lipinski definition) is 2. The summed E-state index contributed by atoms with van der Waals surface area (Å²) in [6.07, 6.45) is 2.27. The lowest BCUT2D eigenvalue weighted by Crippen LogP contribution is -2.08. The number of phenols is 1. The Morgan fingerprint density at radius 1 is 1.35 bits per heavy atom. The quantitative estimate of drug-likeness (QED) is 0.836. The summed E-state index contributed by atoms with van der Waals surface area (Å²) in [7, 11) is 0. The fraction of sp³-hybridized carbons (Fsp3) is 0.333. The molecular weight excluding hydrogens is 216 g/mol. The lowest BCUT2D eigenvalue weighted by molar-refractivity contribution is 0.477. The molecule has 17 heavy (non-hydrogen) atoms. The van der Waals surface area contributed by atoms with Crippen molar-refractivity contribution in [2.24, 2.45) is 5.73 Å². The molecule has 5 nitrogen and oxygen atoms in total. The highest BCUT2D eigenvalue weighted by atomic mass is 16.3. The van der Waals surface area contributed by atoms with Crippen LogP contribution >= 0.6 is 0 Å². The van der Waals surface area contributed by atoms with E-state index in [0.29, 0.717) is 23.8 Å². The summed E-state index contributed by atoms with van der Waals surface area (Å²) in [6, 6.07) is 7.57. The van der Waals surface area contributed by atoms with E-state index in [1.807, 2.05) is 16.8 Å². The first-order valence-corrected chi connectivity index (χ1v) is 5.73. The van der Waals surface area contributed by atoms with Gasteiger partial charge in [-0.3, -0.25) is 0 Å². The number of nitrogens with two attached hydrogens (primary N) is 1. The molecule has 1 aromatic carbocycles. The van der Waals surface area contributed by atoms with Gasteiger partial charge in [0.25, 0.3) is 0 Å². The van der Waals surface area contributed by atoms with E-state index in [4.69, 9.17) is 5.73 Å². The molecule has 2 aromatic rings. The number of aromatic nitrogens is 3. The van der Waals surface area contributed by atoms with Crippen molar-refractivity contribution in [1.29, 1.82) is 0 Å². The lowest BCUT2D eigenvalue weighted by atomic mass is 10.1. The van der Waals surface area contributed by atoms with Gasteiger partial charge in [0.15, 0.2) is 0 Å². The van der Waals surface area contributed by atoms with Crippen LogP contribution in [0.3, 0.4) is 0 Å². The fourth-order valence-electron chi connectivity index (χ4n) is 2.00. The van der Waals surface area contributed by atoms with Gasteiger partial charge < -0.3 is 10.8 Å². The zero-order chi connectivity index (χ0) is 11.8. The Bertz CT molecular complexity index is 545. The summed E-state index contributed by atoms with van der Waals surface area (Å²) < 4.78 is 1.89. The molecule has 0 spiro atoms. The fourth-order valence-corrected chi connectivity index (χ4v) is 2.00. The number of hydrogen-bond acceptors (Lipinski definition) is 4. The van der Waals surface area contributed by atoms with Crippen LogP contribution < -0.4 is 5.73 Å². The van der Waals surface area contributed by atoms with Crippen LogP contribution in [0.25, 0.3) is 11.3 Å². The minimum Gasteiger partial charge on any atom is -0.507 e. The molecule has 1 aliphatic rings. The molecule has 88 valence electrons. The van der Waals surface area contributed by atoms with Crippen molar-refractivity contribution in [2.45, 2.75) is 25.4 Å². The van der Waals surface area contributed by atoms with Crippen LogP contribution in [-0.4, -0.2) is 20.1 Å². The third-order valence-electron chi connectivity index (χ3n) is 3.04. The number of rotatable bonds is 3. The van der Waals surface area contributed by atoms with Gasteiger partial charge >= 0.3 is 0 Å². The summed E-state index contributed by atoms with van der Waals surface area (Å²) in [5.74, 6) is 0.213. The monoisotopic (exact) mass is 230 g/mol. The van der Waals surface area contributed by atoms with Crippen LogP contribution in [0.4, 0.5) is 0 Å². The summed E-state index contributed by atoms with van der Waals surface area (Å²) >= 11 is 0. The van der Waals surface area contributed by atoms with Gasteiger partial charge in [-0.1, -0.05) is 17.3 Å². The summed E-state index contributed by atoms with van der Waals surface area (Å²) in [5.41, 5.74) is 8.05.